The highest BCUT2D eigenvalue weighted by Crippen LogP contribution is 2.26. The number of hydrogen-bond donors (Lipinski definition) is 0. The molecule has 1 aromatic rings. The maximum Gasteiger partial charge on any atom is 0.318 e. The largest absolute Gasteiger partial charge is 0.406 e. The Balaban J connectivity index is 2.03. The molecule has 1 heterocycles. The molecule has 1 aliphatic rings. The number of halogens is 1. The summed E-state index contributed by atoms with van der Waals surface area (Å²) in [7, 11) is 2.03. The van der Waals surface area contributed by atoms with E-state index in [1.165, 1.54) is 38.5 Å². The standard InChI is InChI=1S/C12H20ClN3O/c1-9(13)11-14-15-12(17-11)16(2)10-7-5-3-4-6-8-10/h9-10H,3-8H2,1-2H3. The average Bonchev–Trinajstić information content (AvgIpc) is 2.65. The summed E-state index contributed by atoms with van der Waals surface area (Å²) in [6, 6.07) is 1.12. The summed E-state index contributed by atoms with van der Waals surface area (Å²) >= 11 is 5.92. The Labute approximate surface area is 107 Å². The lowest BCUT2D eigenvalue weighted by atomic mass is 10.1. The van der Waals surface area contributed by atoms with Crippen LogP contribution in [0.5, 0.6) is 0 Å². The number of hydrogen-bond acceptors (Lipinski definition) is 4. The fraction of sp³-hybridized carbons (Fsp3) is 0.833. The van der Waals surface area contributed by atoms with Gasteiger partial charge in [-0.05, 0) is 19.8 Å². The molecule has 96 valence electrons. The molecule has 0 aromatic carbocycles. The van der Waals surface area contributed by atoms with Gasteiger partial charge in [0.15, 0.2) is 0 Å². The van der Waals surface area contributed by atoms with Crippen molar-refractivity contribution < 1.29 is 4.42 Å². The molecule has 17 heavy (non-hydrogen) atoms. The second kappa shape index (κ2) is 5.71. The summed E-state index contributed by atoms with van der Waals surface area (Å²) in [5, 5.41) is 7.81. The summed E-state index contributed by atoms with van der Waals surface area (Å²) in [6.07, 6.45) is 7.70. The SMILES string of the molecule is CC(Cl)c1nnc(N(C)C2CCCCCC2)o1. The normalized spacial score (nSPS) is 19.9. The molecule has 1 aliphatic carbocycles. The van der Waals surface area contributed by atoms with E-state index in [2.05, 4.69) is 15.1 Å². The van der Waals surface area contributed by atoms with E-state index in [1.807, 2.05) is 14.0 Å². The van der Waals surface area contributed by atoms with Crippen LogP contribution in [0.4, 0.5) is 6.01 Å². The molecule has 0 saturated heterocycles. The van der Waals surface area contributed by atoms with Crippen LogP contribution in [0.25, 0.3) is 0 Å². The van der Waals surface area contributed by atoms with Crippen molar-refractivity contribution in [2.75, 3.05) is 11.9 Å². The quantitative estimate of drug-likeness (QED) is 0.614. The maximum absolute atomic E-state index is 5.92. The molecular formula is C12H20ClN3O. The summed E-state index contributed by atoms with van der Waals surface area (Å²) in [6.45, 7) is 1.84. The second-order valence-corrected chi connectivity index (χ2v) is 5.45. The van der Waals surface area contributed by atoms with Crippen LogP contribution < -0.4 is 4.90 Å². The summed E-state index contributed by atoms with van der Waals surface area (Å²) in [5.41, 5.74) is 0. The van der Waals surface area contributed by atoms with Crippen LogP contribution in [0.1, 0.15) is 56.7 Å². The number of rotatable bonds is 3. The highest BCUT2D eigenvalue weighted by Gasteiger charge is 2.22. The smallest absolute Gasteiger partial charge is 0.318 e. The van der Waals surface area contributed by atoms with Gasteiger partial charge in [0.25, 0.3) is 0 Å². The van der Waals surface area contributed by atoms with Crippen molar-refractivity contribution >= 4 is 17.6 Å². The lowest BCUT2D eigenvalue weighted by Gasteiger charge is -2.24. The minimum atomic E-state index is -0.223. The predicted molar refractivity (Wildman–Crippen MR) is 68.5 cm³/mol. The summed E-state index contributed by atoms with van der Waals surface area (Å²) in [4.78, 5) is 2.11. The fourth-order valence-corrected chi connectivity index (χ4v) is 2.42. The van der Waals surface area contributed by atoms with Gasteiger partial charge in [-0.2, -0.15) is 0 Å². The van der Waals surface area contributed by atoms with E-state index in [0.29, 0.717) is 17.9 Å². The first kappa shape index (κ1) is 12.7. The van der Waals surface area contributed by atoms with Gasteiger partial charge in [-0.1, -0.05) is 30.8 Å². The average molecular weight is 258 g/mol. The molecule has 5 heteroatoms. The zero-order valence-electron chi connectivity index (χ0n) is 10.5. The number of anilines is 1. The molecule has 4 nitrogen and oxygen atoms in total. The molecule has 1 atom stereocenters. The number of nitrogens with zero attached hydrogens (tertiary/aromatic N) is 3. The van der Waals surface area contributed by atoms with Crippen LogP contribution in [-0.4, -0.2) is 23.3 Å². The van der Waals surface area contributed by atoms with Gasteiger partial charge in [0.2, 0.25) is 5.89 Å². The maximum atomic E-state index is 5.92. The molecule has 1 aromatic heterocycles. The minimum absolute atomic E-state index is 0.223. The van der Waals surface area contributed by atoms with Gasteiger partial charge in [0.05, 0.1) is 0 Å². The first-order valence-corrected chi connectivity index (χ1v) is 6.82. The molecule has 0 spiro atoms. The third-order valence-electron chi connectivity index (χ3n) is 3.44. The van der Waals surface area contributed by atoms with Crippen molar-refractivity contribution in [1.82, 2.24) is 10.2 Å². The third kappa shape index (κ3) is 3.12. The van der Waals surface area contributed by atoms with Gasteiger partial charge in [-0.15, -0.1) is 16.7 Å². The van der Waals surface area contributed by atoms with Gasteiger partial charge in [0.1, 0.15) is 5.38 Å². The van der Waals surface area contributed by atoms with Gasteiger partial charge in [-0.3, -0.25) is 0 Å². The first-order valence-electron chi connectivity index (χ1n) is 6.39. The Hall–Kier alpha value is -0.770. The minimum Gasteiger partial charge on any atom is -0.406 e. The van der Waals surface area contributed by atoms with Gasteiger partial charge < -0.3 is 9.32 Å². The zero-order chi connectivity index (χ0) is 12.3. The van der Waals surface area contributed by atoms with Crippen LogP contribution in [0.3, 0.4) is 0 Å². The predicted octanol–water partition coefficient (Wildman–Crippen LogP) is 3.53. The van der Waals surface area contributed by atoms with Gasteiger partial charge in [-0.25, -0.2) is 0 Å². The molecule has 2 rings (SSSR count). The molecule has 1 fully saturated rings. The van der Waals surface area contributed by atoms with E-state index in [0.717, 1.165) is 0 Å². The first-order chi connectivity index (χ1) is 8.18. The topological polar surface area (TPSA) is 42.2 Å². The number of aromatic nitrogens is 2. The van der Waals surface area contributed by atoms with Crippen molar-refractivity contribution in [3.8, 4) is 0 Å². The van der Waals surface area contributed by atoms with E-state index in [9.17, 15) is 0 Å². The molecule has 1 saturated carbocycles. The van der Waals surface area contributed by atoms with Crippen molar-refractivity contribution in [3.63, 3.8) is 0 Å². The third-order valence-corrected chi connectivity index (χ3v) is 3.63. The van der Waals surface area contributed by atoms with E-state index in [1.54, 1.807) is 0 Å². The molecule has 0 aliphatic heterocycles. The van der Waals surface area contributed by atoms with Crippen LogP contribution in [0.15, 0.2) is 4.42 Å². The molecule has 1 unspecified atom stereocenters. The van der Waals surface area contributed by atoms with E-state index in [-0.39, 0.29) is 5.38 Å². The monoisotopic (exact) mass is 257 g/mol. The fourth-order valence-electron chi connectivity index (χ4n) is 2.33. The highest BCUT2D eigenvalue weighted by molar-refractivity contribution is 6.20. The Kier molecular flexibility index (Phi) is 4.26. The van der Waals surface area contributed by atoms with E-state index in [4.69, 9.17) is 16.0 Å². The molecule has 0 N–H and O–H groups in total. The van der Waals surface area contributed by atoms with Crippen molar-refractivity contribution in [3.05, 3.63) is 5.89 Å². The van der Waals surface area contributed by atoms with Crippen molar-refractivity contribution in [2.45, 2.75) is 56.9 Å². The molecule has 0 amide bonds. The molecular weight excluding hydrogens is 238 g/mol. The van der Waals surface area contributed by atoms with Crippen LogP contribution in [0.2, 0.25) is 0 Å². The number of alkyl halides is 1. The molecule has 0 radical (unpaired) electrons. The Bertz CT molecular complexity index is 345. The van der Waals surface area contributed by atoms with Crippen LogP contribution in [-0.2, 0) is 0 Å². The Morgan fingerprint density at radius 1 is 1.24 bits per heavy atom. The second-order valence-electron chi connectivity index (χ2n) is 4.80. The van der Waals surface area contributed by atoms with E-state index < -0.39 is 0 Å². The van der Waals surface area contributed by atoms with Crippen LogP contribution in [0, 0.1) is 0 Å². The lowest BCUT2D eigenvalue weighted by Crippen LogP contribution is -2.31. The Morgan fingerprint density at radius 2 is 1.88 bits per heavy atom. The van der Waals surface area contributed by atoms with Crippen LogP contribution >= 0.6 is 11.6 Å². The van der Waals surface area contributed by atoms with E-state index >= 15 is 0 Å². The highest BCUT2D eigenvalue weighted by atomic mass is 35.5. The lowest BCUT2D eigenvalue weighted by molar-refractivity contribution is 0.455. The summed E-state index contributed by atoms with van der Waals surface area (Å²) in [5.74, 6) is 0.502. The van der Waals surface area contributed by atoms with Crippen molar-refractivity contribution in [1.29, 1.82) is 0 Å². The van der Waals surface area contributed by atoms with Gasteiger partial charge in [0, 0.05) is 13.1 Å². The molecule has 0 bridgehead atoms. The Morgan fingerprint density at radius 3 is 2.41 bits per heavy atom. The zero-order valence-corrected chi connectivity index (χ0v) is 11.3. The van der Waals surface area contributed by atoms with Crippen molar-refractivity contribution in [2.24, 2.45) is 0 Å². The van der Waals surface area contributed by atoms with Gasteiger partial charge >= 0.3 is 6.01 Å². The summed E-state index contributed by atoms with van der Waals surface area (Å²) < 4.78 is 5.57.